The van der Waals surface area contributed by atoms with Gasteiger partial charge in [-0.15, -0.1) is 0 Å². The molecule has 0 radical (unpaired) electrons. The van der Waals surface area contributed by atoms with Gasteiger partial charge in [-0.1, -0.05) is 139 Å². The van der Waals surface area contributed by atoms with Gasteiger partial charge in [0.25, 0.3) is 0 Å². The Morgan fingerprint density at radius 3 is 1.75 bits per heavy atom. The van der Waals surface area contributed by atoms with Gasteiger partial charge in [0.15, 0.2) is 0 Å². The molecule has 0 unspecified atom stereocenters. The normalized spacial score (nSPS) is 15.0. The Morgan fingerprint density at radius 2 is 1.00 bits per heavy atom. The highest BCUT2D eigenvalue weighted by atomic mass is 32.2. The van der Waals surface area contributed by atoms with Crippen LogP contribution in [0.2, 0.25) is 0 Å². The lowest BCUT2D eigenvalue weighted by atomic mass is 9.34. The van der Waals surface area contributed by atoms with Gasteiger partial charge in [0.1, 0.15) is 0 Å². The van der Waals surface area contributed by atoms with Gasteiger partial charge < -0.3 is 4.90 Å². The molecule has 0 bridgehead atoms. The summed E-state index contributed by atoms with van der Waals surface area (Å²) in [6.07, 6.45) is 0. The molecule has 40 heavy (non-hydrogen) atoms. The smallest absolute Gasteiger partial charge is 0.246 e. The van der Waals surface area contributed by atoms with Crippen LogP contribution in [0.3, 0.4) is 0 Å². The van der Waals surface area contributed by atoms with E-state index in [-0.39, 0.29) is 6.71 Å². The molecule has 186 valence electrons. The van der Waals surface area contributed by atoms with Crippen LogP contribution in [0, 0.1) is 0 Å². The lowest BCUT2D eigenvalue weighted by Crippen LogP contribution is -2.59. The Bertz CT molecular complexity index is 1920. The highest BCUT2D eigenvalue weighted by molar-refractivity contribution is 7.99. The zero-order valence-corrected chi connectivity index (χ0v) is 22.6. The summed E-state index contributed by atoms with van der Waals surface area (Å²) < 4.78 is 0. The van der Waals surface area contributed by atoms with Gasteiger partial charge in [0, 0.05) is 21.2 Å². The van der Waals surface area contributed by atoms with Crippen LogP contribution in [-0.4, -0.2) is 6.71 Å². The van der Waals surface area contributed by atoms with Crippen LogP contribution < -0.4 is 21.3 Å². The average molecular weight is 525 g/mol. The standard InChI is InChI=1S/C37H24BNS/c1-2-13-25(14-3-1)38-30-19-7-9-22-33(30)39-32-21-8-4-15-26(32)37(29-18-12-20-31(38)36(29)39)27-16-5-10-23-34(27)40-35-24-11-6-17-28(35)37/h1-24H. The molecule has 1 spiro atoms. The Balaban J connectivity index is 1.48. The predicted molar refractivity (Wildman–Crippen MR) is 168 cm³/mol. The van der Waals surface area contributed by atoms with Gasteiger partial charge in [-0.3, -0.25) is 0 Å². The first-order chi connectivity index (χ1) is 19.9. The summed E-state index contributed by atoms with van der Waals surface area (Å²) in [6.45, 7) is 0.161. The van der Waals surface area contributed by atoms with Crippen LogP contribution in [0.5, 0.6) is 0 Å². The first-order valence-electron chi connectivity index (χ1n) is 13.9. The van der Waals surface area contributed by atoms with Gasteiger partial charge in [0.2, 0.25) is 6.71 Å². The summed E-state index contributed by atoms with van der Waals surface area (Å²) in [5.41, 5.74) is 12.9. The van der Waals surface area contributed by atoms with Crippen molar-refractivity contribution in [3.05, 3.63) is 168 Å². The monoisotopic (exact) mass is 525 g/mol. The highest BCUT2D eigenvalue weighted by Gasteiger charge is 2.52. The average Bonchev–Trinajstić information content (AvgIpc) is 3.03. The molecular weight excluding hydrogens is 501 g/mol. The number of para-hydroxylation sites is 3. The summed E-state index contributed by atoms with van der Waals surface area (Å²) >= 11 is 1.90. The molecule has 0 amide bonds. The van der Waals surface area contributed by atoms with Crippen LogP contribution in [0.25, 0.3) is 0 Å². The number of hydrogen-bond acceptors (Lipinski definition) is 2. The van der Waals surface area contributed by atoms with E-state index < -0.39 is 5.41 Å². The van der Waals surface area contributed by atoms with Gasteiger partial charge in [-0.2, -0.15) is 0 Å². The van der Waals surface area contributed by atoms with Crippen molar-refractivity contribution in [3.63, 3.8) is 0 Å². The maximum absolute atomic E-state index is 2.55. The van der Waals surface area contributed by atoms with Crippen molar-refractivity contribution in [1.82, 2.24) is 0 Å². The van der Waals surface area contributed by atoms with Crippen LogP contribution in [0.15, 0.2) is 155 Å². The third-order valence-electron chi connectivity index (χ3n) is 8.98. The van der Waals surface area contributed by atoms with E-state index in [1.165, 1.54) is 65.5 Å². The Morgan fingerprint density at radius 1 is 0.450 bits per heavy atom. The number of benzene rings is 6. The molecular formula is C37H24BNS. The summed E-state index contributed by atoms with van der Waals surface area (Å²) in [7, 11) is 0. The molecule has 1 nitrogen and oxygen atoms in total. The number of fused-ring (bicyclic) bond motifs is 10. The van der Waals surface area contributed by atoms with E-state index >= 15 is 0 Å². The van der Waals surface area contributed by atoms with Crippen molar-refractivity contribution in [2.75, 3.05) is 4.90 Å². The second-order valence-electron chi connectivity index (χ2n) is 10.8. The fraction of sp³-hybridized carbons (Fsp3) is 0.0270. The minimum absolute atomic E-state index is 0.161. The Kier molecular flexibility index (Phi) is 4.62. The van der Waals surface area contributed by atoms with Crippen LogP contribution >= 0.6 is 11.8 Å². The fourth-order valence-electron chi connectivity index (χ4n) is 7.53. The molecule has 6 aromatic carbocycles. The minimum Gasteiger partial charge on any atom is -0.311 e. The van der Waals surface area contributed by atoms with Crippen molar-refractivity contribution >= 4 is 51.9 Å². The molecule has 3 heterocycles. The van der Waals surface area contributed by atoms with E-state index in [0.29, 0.717) is 0 Å². The topological polar surface area (TPSA) is 3.24 Å². The molecule has 0 aliphatic carbocycles. The molecule has 0 N–H and O–H groups in total. The van der Waals surface area contributed by atoms with Crippen molar-refractivity contribution in [3.8, 4) is 0 Å². The fourth-order valence-corrected chi connectivity index (χ4v) is 8.72. The SMILES string of the molecule is c1ccc(B2c3ccccc3N3c4ccccc4C4(c5ccccc5Sc5ccccc54)c4cccc2c43)cc1. The second kappa shape index (κ2) is 8.27. The quantitative estimate of drug-likeness (QED) is 0.210. The summed E-state index contributed by atoms with van der Waals surface area (Å²) in [5.74, 6) is 0. The Hall–Kier alpha value is -4.47. The third-order valence-corrected chi connectivity index (χ3v) is 10.1. The Labute approximate surface area is 239 Å². The number of anilines is 3. The number of rotatable bonds is 1. The molecule has 0 saturated carbocycles. The van der Waals surface area contributed by atoms with Crippen LogP contribution in [0.4, 0.5) is 17.1 Å². The van der Waals surface area contributed by atoms with Crippen molar-refractivity contribution in [2.45, 2.75) is 15.2 Å². The lowest BCUT2D eigenvalue weighted by molar-refractivity contribution is 0.692. The van der Waals surface area contributed by atoms with Crippen LogP contribution in [-0.2, 0) is 5.41 Å². The van der Waals surface area contributed by atoms with Gasteiger partial charge in [-0.05, 0) is 57.4 Å². The molecule has 6 aromatic rings. The molecule has 0 saturated heterocycles. The maximum Gasteiger partial charge on any atom is 0.246 e. The van der Waals surface area contributed by atoms with Gasteiger partial charge >= 0.3 is 0 Å². The summed E-state index contributed by atoms with van der Waals surface area (Å²) in [4.78, 5) is 5.21. The van der Waals surface area contributed by atoms with E-state index in [9.17, 15) is 0 Å². The van der Waals surface area contributed by atoms with E-state index in [1.807, 2.05) is 11.8 Å². The first kappa shape index (κ1) is 22.4. The zero-order valence-electron chi connectivity index (χ0n) is 21.8. The van der Waals surface area contributed by atoms with Gasteiger partial charge in [-0.25, -0.2) is 0 Å². The molecule has 9 rings (SSSR count). The molecule has 0 fully saturated rings. The third kappa shape index (κ3) is 2.75. The lowest BCUT2D eigenvalue weighted by Gasteiger charge is -2.51. The van der Waals surface area contributed by atoms with E-state index in [4.69, 9.17) is 0 Å². The van der Waals surface area contributed by atoms with Crippen molar-refractivity contribution in [1.29, 1.82) is 0 Å². The molecule has 0 aromatic heterocycles. The van der Waals surface area contributed by atoms with E-state index in [2.05, 4.69) is 150 Å². The predicted octanol–water partition coefficient (Wildman–Crippen LogP) is 7.15. The maximum atomic E-state index is 2.55. The van der Waals surface area contributed by atoms with E-state index in [1.54, 1.807) is 0 Å². The molecule has 3 heteroatoms. The minimum atomic E-state index is -0.412. The number of nitrogens with zero attached hydrogens (tertiary/aromatic N) is 1. The highest BCUT2D eigenvalue weighted by Crippen LogP contribution is 2.62. The summed E-state index contributed by atoms with van der Waals surface area (Å²) in [6, 6.07) is 54.2. The van der Waals surface area contributed by atoms with Crippen molar-refractivity contribution < 1.29 is 0 Å². The van der Waals surface area contributed by atoms with Gasteiger partial charge in [0.05, 0.1) is 11.1 Å². The molecule has 3 aliphatic heterocycles. The van der Waals surface area contributed by atoms with Crippen LogP contribution in [0.1, 0.15) is 22.3 Å². The first-order valence-corrected chi connectivity index (χ1v) is 14.7. The largest absolute Gasteiger partial charge is 0.311 e. The second-order valence-corrected chi connectivity index (χ2v) is 11.9. The van der Waals surface area contributed by atoms with E-state index in [0.717, 1.165) is 0 Å². The number of hydrogen-bond donors (Lipinski definition) is 0. The van der Waals surface area contributed by atoms with Crippen molar-refractivity contribution in [2.24, 2.45) is 0 Å². The summed E-state index contributed by atoms with van der Waals surface area (Å²) in [5, 5.41) is 0. The zero-order chi connectivity index (χ0) is 26.3. The molecule has 0 atom stereocenters. The molecule has 3 aliphatic rings.